The molecular weight excluding hydrogens is 256 g/mol. The highest BCUT2D eigenvalue weighted by Crippen LogP contribution is 2.23. The number of thioether (sulfide) groups is 1. The van der Waals surface area contributed by atoms with Crippen LogP contribution in [0.2, 0.25) is 0 Å². The summed E-state index contributed by atoms with van der Waals surface area (Å²) in [7, 11) is 0. The van der Waals surface area contributed by atoms with Gasteiger partial charge in [-0.05, 0) is 17.2 Å². The zero-order chi connectivity index (χ0) is 13.5. The molecule has 0 amide bonds. The van der Waals surface area contributed by atoms with Gasteiger partial charge in [0, 0.05) is 5.75 Å². The number of benzene rings is 2. The van der Waals surface area contributed by atoms with Crippen LogP contribution in [0.25, 0.3) is 6.08 Å². The van der Waals surface area contributed by atoms with E-state index in [4.69, 9.17) is 0 Å². The van der Waals surface area contributed by atoms with Gasteiger partial charge in [0.25, 0.3) is 0 Å². The molecule has 1 N–H and O–H groups in total. The van der Waals surface area contributed by atoms with Crippen molar-refractivity contribution in [2.75, 3.05) is 0 Å². The van der Waals surface area contributed by atoms with Gasteiger partial charge in [-0.3, -0.25) is 0 Å². The van der Waals surface area contributed by atoms with E-state index in [-0.39, 0.29) is 0 Å². The van der Waals surface area contributed by atoms with Crippen LogP contribution in [0.5, 0.6) is 0 Å². The van der Waals surface area contributed by atoms with Gasteiger partial charge in [0.05, 0.1) is 4.91 Å². The number of rotatable bonds is 5. The lowest BCUT2D eigenvalue weighted by Crippen LogP contribution is -1.97. The van der Waals surface area contributed by atoms with Crippen LogP contribution in [-0.4, -0.2) is 11.1 Å². The maximum absolute atomic E-state index is 11.2. The number of carbonyl (C=O) groups is 1. The molecule has 2 nitrogen and oxygen atoms in total. The maximum Gasteiger partial charge on any atom is 0.342 e. The minimum atomic E-state index is -0.884. The predicted molar refractivity (Wildman–Crippen MR) is 79.8 cm³/mol. The summed E-state index contributed by atoms with van der Waals surface area (Å²) in [5.74, 6) is -0.226. The van der Waals surface area contributed by atoms with E-state index in [1.54, 1.807) is 6.08 Å². The van der Waals surface area contributed by atoms with Crippen LogP contribution in [0.4, 0.5) is 0 Å². The molecule has 0 aliphatic carbocycles. The Bertz CT molecular complexity index is 562. The third kappa shape index (κ3) is 4.30. The number of aliphatic carboxylic acids is 1. The normalized spacial score (nSPS) is 11.3. The Morgan fingerprint density at radius 2 is 1.58 bits per heavy atom. The summed E-state index contributed by atoms with van der Waals surface area (Å²) < 4.78 is 0. The van der Waals surface area contributed by atoms with Crippen molar-refractivity contribution >= 4 is 23.8 Å². The van der Waals surface area contributed by atoms with E-state index >= 15 is 0 Å². The highest BCUT2D eigenvalue weighted by molar-refractivity contribution is 8.03. The summed E-state index contributed by atoms with van der Waals surface area (Å²) in [5, 5.41) is 9.22. The first-order valence-corrected chi connectivity index (χ1v) is 6.91. The molecule has 0 unspecified atom stereocenters. The molecule has 0 spiro atoms. The first-order chi connectivity index (χ1) is 9.25. The van der Waals surface area contributed by atoms with Crippen LogP contribution >= 0.6 is 11.8 Å². The van der Waals surface area contributed by atoms with Gasteiger partial charge in [-0.15, -0.1) is 11.8 Å². The van der Waals surface area contributed by atoms with Gasteiger partial charge in [-0.2, -0.15) is 0 Å². The largest absolute Gasteiger partial charge is 0.477 e. The van der Waals surface area contributed by atoms with Crippen molar-refractivity contribution in [3.8, 4) is 0 Å². The van der Waals surface area contributed by atoms with Crippen molar-refractivity contribution in [3.05, 3.63) is 76.7 Å². The highest BCUT2D eigenvalue weighted by Gasteiger charge is 2.08. The van der Waals surface area contributed by atoms with E-state index in [0.717, 1.165) is 11.1 Å². The van der Waals surface area contributed by atoms with Crippen LogP contribution in [0, 0.1) is 0 Å². The average Bonchev–Trinajstić information content (AvgIpc) is 2.45. The van der Waals surface area contributed by atoms with E-state index in [1.807, 2.05) is 60.7 Å². The van der Waals surface area contributed by atoms with Gasteiger partial charge < -0.3 is 5.11 Å². The Labute approximate surface area is 116 Å². The summed E-state index contributed by atoms with van der Waals surface area (Å²) in [6.45, 7) is 0. The summed E-state index contributed by atoms with van der Waals surface area (Å²) in [6.07, 6.45) is 1.70. The molecule has 0 aliphatic rings. The summed E-state index contributed by atoms with van der Waals surface area (Å²) >= 11 is 1.34. The number of hydrogen-bond acceptors (Lipinski definition) is 2. The lowest BCUT2D eigenvalue weighted by Gasteiger charge is -2.03. The molecule has 0 aliphatic heterocycles. The molecule has 0 heterocycles. The second-order valence-corrected chi connectivity index (χ2v) is 5.02. The zero-order valence-electron chi connectivity index (χ0n) is 10.3. The van der Waals surface area contributed by atoms with E-state index in [0.29, 0.717) is 10.7 Å². The van der Waals surface area contributed by atoms with Crippen molar-refractivity contribution in [1.29, 1.82) is 0 Å². The first kappa shape index (κ1) is 13.4. The molecule has 0 bridgehead atoms. The highest BCUT2D eigenvalue weighted by atomic mass is 32.2. The van der Waals surface area contributed by atoms with Crippen LogP contribution < -0.4 is 0 Å². The molecule has 2 aromatic carbocycles. The molecule has 0 fully saturated rings. The Morgan fingerprint density at radius 1 is 1.00 bits per heavy atom. The Morgan fingerprint density at radius 3 is 2.16 bits per heavy atom. The molecule has 96 valence electrons. The fourth-order valence-electron chi connectivity index (χ4n) is 1.60. The summed E-state index contributed by atoms with van der Waals surface area (Å²) in [4.78, 5) is 11.6. The van der Waals surface area contributed by atoms with Gasteiger partial charge >= 0.3 is 5.97 Å². The molecule has 0 saturated heterocycles. The lowest BCUT2D eigenvalue weighted by molar-refractivity contribution is -0.131. The van der Waals surface area contributed by atoms with Crippen molar-refractivity contribution < 1.29 is 9.90 Å². The van der Waals surface area contributed by atoms with E-state index in [9.17, 15) is 9.90 Å². The first-order valence-electron chi connectivity index (χ1n) is 5.92. The van der Waals surface area contributed by atoms with Crippen molar-refractivity contribution in [2.24, 2.45) is 0 Å². The molecule has 0 saturated carbocycles. The SMILES string of the molecule is O=C(O)/C(=C/c1ccccc1)SCc1ccccc1. The van der Waals surface area contributed by atoms with Gasteiger partial charge in [0.1, 0.15) is 0 Å². The lowest BCUT2D eigenvalue weighted by atomic mass is 10.2. The van der Waals surface area contributed by atoms with E-state index < -0.39 is 5.97 Å². The Balaban J connectivity index is 2.09. The van der Waals surface area contributed by atoms with Crippen LogP contribution in [0.15, 0.2) is 65.6 Å². The van der Waals surface area contributed by atoms with Crippen LogP contribution in [-0.2, 0) is 10.5 Å². The average molecular weight is 270 g/mol. The number of carboxylic acids is 1. The minimum absolute atomic E-state index is 0.357. The summed E-state index contributed by atoms with van der Waals surface area (Å²) in [5.41, 5.74) is 2.02. The second-order valence-electron chi connectivity index (χ2n) is 4.00. The van der Waals surface area contributed by atoms with Gasteiger partial charge in [0.2, 0.25) is 0 Å². The minimum Gasteiger partial charge on any atom is -0.477 e. The van der Waals surface area contributed by atoms with Crippen molar-refractivity contribution in [3.63, 3.8) is 0 Å². The smallest absolute Gasteiger partial charge is 0.342 e. The fraction of sp³-hybridized carbons (Fsp3) is 0.0625. The predicted octanol–water partition coefficient (Wildman–Crippen LogP) is 4.05. The van der Waals surface area contributed by atoms with E-state index in [2.05, 4.69) is 0 Å². The zero-order valence-corrected chi connectivity index (χ0v) is 11.1. The topological polar surface area (TPSA) is 37.3 Å². The molecule has 2 rings (SSSR count). The van der Waals surface area contributed by atoms with Crippen molar-refractivity contribution in [1.82, 2.24) is 0 Å². The third-order valence-corrected chi connectivity index (χ3v) is 3.63. The third-order valence-electron chi connectivity index (χ3n) is 2.55. The molecule has 0 radical (unpaired) electrons. The van der Waals surface area contributed by atoms with Gasteiger partial charge in [-0.1, -0.05) is 60.7 Å². The van der Waals surface area contributed by atoms with Crippen LogP contribution in [0.1, 0.15) is 11.1 Å². The summed E-state index contributed by atoms with van der Waals surface area (Å²) in [6, 6.07) is 19.3. The fourth-order valence-corrected chi connectivity index (χ4v) is 2.46. The molecule has 3 heteroatoms. The quantitative estimate of drug-likeness (QED) is 0.833. The molecule has 19 heavy (non-hydrogen) atoms. The monoisotopic (exact) mass is 270 g/mol. The number of hydrogen-bond donors (Lipinski definition) is 1. The molecule has 0 atom stereocenters. The Kier molecular flexibility index (Phi) is 4.81. The Hall–Kier alpha value is -2.00. The standard InChI is InChI=1S/C16H14O2S/c17-16(18)15(11-13-7-3-1-4-8-13)19-12-14-9-5-2-6-10-14/h1-11H,12H2,(H,17,18)/b15-11-. The second kappa shape index (κ2) is 6.81. The molecular formula is C16H14O2S. The molecule has 0 aromatic heterocycles. The number of carboxylic acid groups (broad SMARTS) is 1. The molecule has 2 aromatic rings. The van der Waals surface area contributed by atoms with Crippen molar-refractivity contribution in [2.45, 2.75) is 5.75 Å². The van der Waals surface area contributed by atoms with Gasteiger partial charge in [-0.25, -0.2) is 4.79 Å². The van der Waals surface area contributed by atoms with Gasteiger partial charge in [0.15, 0.2) is 0 Å². The van der Waals surface area contributed by atoms with E-state index in [1.165, 1.54) is 11.8 Å². The van der Waals surface area contributed by atoms with Crippen LogP contribution in [0.3, 0.4) is 0 Å². The maximum atomic E-state index is 11.2.